The third-order valence-corrected chi connectivity index (χ3v) is 1.45. The van der Waals surface area contributed by atoms with Crippen molar-refractivity contribution in [3.63, 3.8) is 0 Å². The van der Waals surface area contributed by atoms with Crippen LogP contribution in [0.1, 0.15) is 11.1 Å². The summed E-state index contributed by atoms with van der Waals surface area (Å²) < 4.78 is 25.6. The van der Waals surface area contributed by atoms with Gasteiger partial charge in [-0.3, -0.25) is 0 Å². The molecular formula is C8H7ClF2N2. The highest BCUT2D eigenvalue weighted by Crippen LogP contribution is 2.13. The van der Waals surface area contributed by atoms with Crippen LogP contribution in [0.5, 0.6) is 0 Å². The first-order chi connectivity index (χ1) is 5.69. The van der Waals surface area contributed by atoms with Crippen molar-refractivity contribution in [2.45, 2.75) is 6.54 Å². The molecule has 0 atom stereocenters. The number of halogens is 3. The van der Waals surface area contributed by atoms with Crippen LogP contribution in [0.3, 0.4) is 0 Å². The molecule has 0 spiro atoms. The summed E-state index contributed by atoms with van der Waals surface area (Å²) in [6.07, 6.45) is 0. The van der Waals surface area contributed by atoms with Gasteiger partial charge >= 0.3 is 0 Å². The van der Waals surface area contributed by atoms with Crippen molar-refractivity contribution >= 4 is 12.4 Å². The van der Waals surface area contributed by atoms with E-state index in [0.717, 1.165) is 12.1 Å². The molecule has 2 N–H and O–H groups in total. The third kappa shape index (κ3) is 2.38. The van der Waals surface area contributed by atoms with E-state index in [1.165, 1.54) is 6.07 Å². The van der Waals surface area contributed by atoms with Gasteiger partial charge in [-0.1, -0.05) is 0 Å². The van der Waals surface area contributed by atoms with Gasteiger partial charge in [-0.25, -0.2) is 8.78 Å². The van der Waals surface area contributed by atoms with E-state index in [4.69, 9.17) is 11.0 Å². The molecule has 0 saturated carbocycles. The van der Waals surface area contributed by atoms with Gasteiger partial charge in [-0.15, -0.1) is 12.4 Å². The van der Waals surface area contributed by atoms with Gasteiger partial charge in [0, 0.05) is 6.54 Å². The minimum absolute atomic E-state index is 0. The molecule has 0 radical (unpaired) electrons. The molecule has 1 rings (SSSR count). The molecule has 0 aliphatic rings. The quantitative estimate of drug-likeness (QED) is 0.757. The predicted octanol–water partition coefficient (Wildman–Crippen LogP) is 1.72. The zero-order valence-electron chi connectivity index (χ0n) is 6.55. The second-order valence-corrected chi connectivity index (χ2v) is 2.25. The van der Waals surface area contributed by atoms with E-state index in [1.54, 1.807) is 0 Å². The fourth-order valence-corrected chi connectivity index (χ4v) is 0.850. The third-order valence-electron chi connectivity index (χ3n) is 1.45. The Morgan fingerprint density at radius 1 is 1.31 bits per heavy atom. The Labute approximate surface area is 80.4 Å². The lowest BCUT2D eigenvalue weighted by Crippen LogP contribution is -2.00. The maximum Gasteiger partial charge on any atom is 0.144 e. The molecule has 2 nitrogen and oxygen atoms in total. The van der Waals surface area contributed by atoms with Crippen LogP contribution in [0.2, 0.25) is 0 Å². The summed E-state index contributed by atoms with van der Waals surface area (Å²) in [5.74, 6) is -1.73. The van der Waals surface area contributed by atoms with Crippen LogP contribution in [0, 0.1) is 23.0 Å². The van der Waals surface area contributed by atoms with Gasteiger partial charge in [-0.2, -0.15) is 5.26 Å². The van der Waals surface area contributed by atoms with Gasteiger partial charge < -0.3 is 5.73 Å². The fraction of sp³-hybridized carbons (Fsp3) is 0.125. The maximum absolute atomic E-state index is 12.8. The average Bonchev–Trinajstić information content (AvgIpc) is 2.03. The van der Waals surface area contributed by atoms with Crippen LogP contribution < -0.4 is 5.73 Å². The molecule has 0 aliphatic heterocycles. The van der Waals surface area contributed by atoms with Gasteiger partial charge in [0.1, 0.15) is 23.3 Å². The number of hydrogen-bond acceptors (Lipinski definition) is 2. The number of benzene rings is 1. The second-order valence-electron chi connectivity index (χ2n) is 2.25. The number of hydrogen-bond donors (Lipinski definition) is 1. The predicted molar refractivity (Wildman–Crippen MR) is 46.2 cm³/mol. The Balaban J connectivity index is 0.00000144. The molecule has 0 fully saturated rings. The van der Waals surface area contributed by atoms with Gasteiger partial charge in [0.15, 0.2) is 0 Å². The lowest BCUT2D eigenvalue weighted by molar-refractivity contribution is 0.573. The number of nitriles is 1. The van der Waals surface area contributed by atoms with Crippen LogP contribution in [-0.4, -0.2) is 0 Å². The highest BCUT2D eigenvalue weighted by atomic mass is 35.5. The summed E-state index contributed by atoms with van der Waals surface area (Å²) in [5, 5.41) is 8.30. The monoisotopic (exact) mass is 204 g/mol. The van der Waals surface area contributed by atoms with E-state index in [1.807, 2.05) is 0 Å². The molecule has 70 valence electrons. The first-order valence-electron chi connectivity index (χ1n) is 3.27. The van der Waals surface area contributed by atoms with E-state index < -0.39 is 17.2 Å². The van der Waals surface area contributed by atoms with Crippen molar-refractivity contribution in [1.29, 1.82) is 5.26 Å². The Morgan fingerprint density at radius 3 is 2.08 bits per heavy atom. The maximum atomic E-state index is 12.8. The Kier molecular flexibility index (Phi) is 4.32. The summed E-state index contributed by atoms with van der Waals surface area (Å²) >= 11 is 0. The second kappa shape index (κ2) is 4.75. The molecule has 13 heavy (non-hydrogen) atoms. The first kappa shape index (κ1) is 11.8. The SMILES string of the molecule is Cl.N#Cc1c(F)cc(CN)cc1F. The normalized spacial score (nSPS) is 8.77. The van der Waals surface area contributed by atoms with Gasteiger partial charge in [-0.05, 0) is 17.7 Å². The van der Waals surface area contributed by atoms with Crippen molar-refractivity contribution in [3.8, 4) is 6.07 Å². The van der Waals surface area contributed by atoms with Gasteiger partial charge in [0.2, 0.25) is 0 Å². The highest BCUT2D eigenvalue weighted by Gasteiger charge is 2.09. The standard InChI is InChI=1S/C8H6F2N2.ClH/c9-7-1-5(3-11)2-8(10)6(7)4-12;/h1-2H,3,11H2;1H. The van der Waals surface area contributed by atoms with Gasteiger partial charge in [0.25, 0.3) is 0 Å². The van der Waals surface area contributed by atoms with Crippen LogP contribution in [0.25, 0.3) is 0 Å². The van der Waals surface area contributed by atoms with Crippen molar-refractivity contribution in [2.24, 2.45) is 5.73 Å². The molecule has 0 aromatic heterocycles. The van der Waals surface area contributed by atoms with E-state index in [9.17, 15) is 8.78 Å². The van der Waals surface area contributed by atoms with E-state index >= 15 is 0 Å². The van der Waals surface area contributed by atoms with E-state index in [2.05, 4.69) is 0 Å². The first-order valence-corrected chi connectivity index (χ1v) is 3.27. The number of nitrogens with two attached hydrogens (primary N) is 1. The summed E-state index contributed by atoms with van der Waals surface area (Å²) in [6.45, 7) is 0.0551. The minimum atomic E-state index is -0.863. The van der Waals surface area contributed by atoms with E-state index in [0.29, 0.717) is 5.56 Å². The molecule has 0 bridgehead atoms. The lowest BCUT2D eigenvalue weighted by Gasteiger charge is -1.99. The summed E-state index contributed by atoms with van der Waals surface area (Å²) in [6, 6.07) is 3.54. The Bertz CT molecular complexity index is 323. The van der Waals surface area contributed by atoms with Crippen LogP contribution >= 0.6 is 12.4 Å². The molecule has 1 aromatic carbocycles. The Morgan fingerprint density at radius 2 is 1.77 bits per heavy atom. The largest absolute Gasteiger partial charge is 0.326 e. The molecule has 0 amide bonds. The van der Waals surface area contributed by atoms with Crippen molar-refractivity contribution in [1.82, 2.24) is 0 Å². The molecule has 0 heterocycles. The zero-order chi connectivity index (χ0) is 9.14. The smallest absolute Gasteiger partial charge is 0.144 e. The van der Waals surface area contributed by atoms with Crippen molar-refractivity contribution in [3.05, 3.63) is 34.9 Å². The molecule has 5 heteroatoms. The summed E-state index contributed by atoms with van der Waals surface area (Å²) in [7, 11) is 0. The molecule has 0 saturated heterocycles. The van der Waals surface area contributed by atoms with E-state index in [-0.39, 0.29) is 19.0 Å². The zero-order valence-corrected chi connectivity index (χ0v) is 7.37. The Hall–Kier alpha value is -1.18. The fourth-order valence-electron chi connectivity index (χ4n) is 0.850. The molecule has 1 aromatic rings. The van der Waals surface area contributed by atoms with Crippen molar-refractivity contribution < 1.29 is 8.78 Å². The summed E-state index contributed by atoms with van der Waals surface area (Å²) in [5.41, 5.74) is 4.94. The summed E-state index contributed by atoms with van der Waals surface area (Å²) in [4.78, 5) is 0. The number of nitrogens with zero attached hydrogens (tertiary/aromatic N) is 1. The van der Waals surface area contributed by atoms with Gasteiger partial charge in [0.05, 0.1) is 0 Å². The van der Waals surface area contributed by atoms with Crippen LogP contribution in [0.15, 0.2) is 12.1 Å². The lowest BCUT2D eigenvalue weighted by atomic mass is 10.1. The number of rotatable bonds is 1. The minimum Gasteiger partial charge on any atom is -0.326 e. The van der Waals surface area contributed by atoms with Crippen molar-refractivity contribution in [2.75, 3.05) is 0 Å². The molecule has 0 aliphatic carbocycles. The van der Waals surface area contributed by atoms with Crippen LogP contribution in [0.4, 0.5) is 8.78 Å². The van der Waals surface area contributed by atoms with Crippen LogP contribution in [-0.2, 0) is 6.54 Å². The topological polar surface area (TPSA) is 49.8 Å². The molecular weight excluding hydrogens is 198 g/mol. The molecule has 0 unspecified atom stereocenters. The average molecular weight is 205 g/mol. The highest BCUT2D eigenvalue weighted by molar-refractivity contribution is 5.85.